The van der Waals surface area contributed by atoms with Crippen molar-refractivity contribution in [1.29, 1.82) is 0 Å². The smallest absolute Gasteiger partial charge is 0.140 e. The van der Waals surface area contributed by atoms with Gasteiger partial charge in [0.1, 0.15) is 5.82 Å². The number of nitrogens with one attached hydrogen (secondary N) is 1. The van der Waals surface area contributed by atoms with E-state index in [1.165, 1.54) is 0 Å². The highest BCUT2D eigenvalue weighted by atomic mass is 35.5. The van der Waals surface area contributed by atoms with Gasteiger partial charge in [-0.25, -0.2) is 10.8 Å². The molecule has 0 aliphatic rings. The van der Waals surface area contributed by atoms with E-state index in [0.717, 1.165) is 11.4 Å². The van der Waals surface area contributed by atoms with E-state index in [1.54, 1.807) is 6.07 Å². The van der Waals surface area contributed by atoms with E-state index in [9.17, 15) is 0 Å². The van der Waals surface area contributed by atoms with Gasteiger partial charge in [0.05, 0.1) is 10.7 Å². The number of pyridine rings is 1. The molecule has 3 N–H and O–H groups in total. The second-order valence-electron chi connectivity index (χ2n) is 4.03. The predicted molar refractivity (Wildman–Crippen MR) is 72.7 cm³/mol. The summed E-state index contributed by atoms with van der Waals surface area (Å²) in [7, 11) is 0. The van der Waals surface area contributed by atoms with Crippen LogP contribution in [0, 0.1) is 5.92 Å². The number of hydrogen-bond donors (Lipinski definition) is 2. The number of aromatic nitrogens is 1. The molecule has 0 aliphatic carbocycles. The topological polar surface area (TPSA) is 50.9 Å². The summed E-state index contributed by atoms with van der Waals surface area (Å²) >= 11 is 7.93. The Morgan fingerprint density at radius 1 is 1.44 bits per heavy atom. The number of rotatable bonds is 5. The number of nitrogens with two attached hydrogens (primary N) is 1. The van der Waals surface area contributed by atoms with Crippen molar-refractivity contribution in [3.05, 3.63) is 22.8 Å². The Balaban J connectivity index is 2.65. The van der Waals surface area contributed by atoms with Gasteiger partial charge in [0, 0.05) is 11.0 Å². The van der Waals surface area contributed by atoms with Gasteiger partial charge in [-0.1, -0.05) is 32.4 Å². The van der Waals surface area contributed by atoms with Crippen molar-refractivity contribution in [2.75, 3.05) is 5.43 Å². The molecule has 0 saturated heterocycles. The number of thioether (sulfide) groups is 1. The molecule has 0 fully saturated rings. The number of halogens is 1. The molecule has 1 aromatic heterocycles. The summed E-state index contributed by atoms with van der Waals surface area (Å²) in [6, 6.07) is 3.59. The standard InChI is InChI=1S/C11H18ClN3S/c1-7(2)8(3)16-6-10-9(12)4-5-11(14-10)15-13/h4-5,7-8H,6,13H2,1-3H3,(H,14,15). The van der Waals surface area contributed by atoms with Gasteiger partial charge in [-0.05, 0) is 18.1 Å². The molecule has 16 heavy (non-hydrogen) atoms. The quantitative estimate of drug-likeness (QED) is 0.629. The molecule has 0 saturated carbocycles. The largest absolute Gasteiger partial charge is 0.308 e. The Labute approximate surface area is 106 Å². The maximum absolute atomic E-state index is 6.07. The second kappa shape index (κ2) is 6.33. The molecule has 0 radical (unpaired) electrons. The lowest BCUT2D eigenvalue weighted by Gasteiger charge is -2.15. The highest BCUT2D eigenvalue weighted by molar-refractivity contribution is 7.99. The first-order chi connectivity index (χ1) is 7.54. The van der Waals surface area contributed by atoms with Crippen LogP contribution in [0.2, 0.25) is 5.02 Å². The Morgan fingerprint density at radius 2 is 2.12 bits per heavy atom. The van der Waals surface area contributed by atoms with Crippen LogP contribution in [-0.4, -0.2) is 10.2 Å². The summed E-state index contributed by atoms with van der Waals surface area (Å²) in [5.41, 5.74) is 3.41. The number of nitrogen functional groups attached to an aromatic ring is 1. The third-order valence-electron chi connectivity index (χ3n) is 2.49. The minimum absolute atomic E-state index is 0.590. The average molecular weight is 260 g/mol. The summed E-state index contributed by atoms with van der Waals surface area (Å²) in [4.78, 5) is 4.33. The van der Waals surface area contributed by atoms with Gasteiger partial charge >= 0.3 is 0 Å². The molecule has 5 heteroatoms. The van der Waals surface area contributed by atoms with Gasteiger partial charge in [0.2, 0.25) is 0 Å². The van der Waals surface area contributed by atoms with Gasteiger partial charge in [-0.3, -0.25) is 0 Å². The number of hydrogen-bond acceptors (Lipinski definition) is 4. The molecule has 1 heterocycles. The van der Waals surface area contributed by atoms with E-state index >= 15 is 0 Å². The van der Waals surface area contributed by atoms with Crippen molar-refractivity contribution < 1.29 is 0 Å². The monoisotopic (exact) mass is 259 g/mol. The fourth-order valence-electron chi connectivity index (χ4n) is 1.07. The highest BCUT2D eigenvalue weighted by Crippen LogP contribution is 2.26. The van der Waals surface area contributed by atoms with E-state index in [1.807, 2.05) is 17.8 Å². The van der Waals surface area contributed by atoms with Crippen LogP contribution in [0.1, 0.15) is 26.5 Å². The molecule has 3 nitrogen and oxygen atoms in total. The summed E-state index contributed by atoms with van der Waals surface area (Å²) in [6.07, 6.45) is 0. The van der Waals surface area contributed by atoms with Crippen LogP contribution < -0.4 is 11.3 Å². The van der Waals surface area contributed by atoms with Crippen molar-refractivity contribution in [2.24, 2.45) is 11.8 Å². The van der Waals surface area contributed by atoms with Crippen molar-refractivity contribution in [1.82, 2.24) is 4.98 Å². The number of hydrazine groups is 1. The summed E-state index contributed by atoms with van der Waals surface area (Å²) in [5.74, 6) is 7.43. The molecule has 0 spiro atoms. The van der Waals surface area contributed by atoms with Gasteiger partial charge in [-0.2, -0.15) is 11.8 Å². The van der Waals surface area contributed by atoms with Crippen molar-refractivity contribution in [3.63, 3.8) is 0 Å². The van der Waals surface area contributed by atoms with E-state index in [-0.39, 0.29) is 0 Å². The molecule has 1 rings (SSSR count). The molecule has 0 aromatic carbocycles. The molecule has 1 aromatic rings. The normalized spacial score (nSPS) is 12.9. The van der Waals surface area contributed by atoms with Crippen LogP contribution in [0.4, 0.5) is 5.82 Å². The Morgan fingerprint density at radius 3 is 2.69 bits per heavy atom. The fraction of sp³-hybridized carbons (Fsp3) is 0.545. The first kappa shape index (κ1) is 13.6. The average Bonchev–Trinajstić information content (AvgIpc) is 2.27. The Bertz CT molecular complexity index is 344. The Kier molecular flexibility index (Phi) is 5.38. The van der Waals surface area contributed by atoms with Crippen LogP contribution in [0.25, 0.3) is 0 Å². The van der Waals surface area contributed by atoms with Crippen molar-refractivity contribution in [2.45, 2.75) is 31.8 Å². The van der Waals surface area contributed by atoms with Crippen LogP contribution >= 0.6 is 23.4 Å². The first-order valence-electron chi connectivity index (χ1n) is 5.28. The van der Waals surface area contributed by atoms with E-state index < -0.39 is 0 Å². The SMILES string of the molecule is CC(C)C(C)SCc1nc(NN)ccc1Cl. The molecule has 0 aliphatic heterocycles. The van der Waals surface area contributed by atoms with Crippen LogP contribution in [0.5, 0.6) is 0 Å². The molecule has 0 bridgehead atoms. The summed E-state index contributed by atoms with van der Waals surface area (Å²) in [6.45, 7) is 6.64. The molecule has 1 unspecified atom stereocenters. The highest BCUT2D eigenvalue weighted by Gasteiger charge is 2.10. The van der Waals surface area contributed by atoms with Gasteiger partial charge in [-0.15, -0.1) is 0 Å². The molecule has 1 atom stereocenters. The number of anilines is 1. The Hall–Kier alpha value is -0.450. The maximum atomic E-state index is 6.07. The molecular formula is C11H18ClN3S. The number of nitrogens with zero attached hydrogens (tertiary/aromatic N) is 1. The minimum Gasteiger partial charge on any atom is -0.308 e. The summed E-state index contributed by atoms with van der Waals surface area (Å²) in [5, 5.41) is 1.29. The second-order valence-corrected chi connectivity index (χ2v) is 5.80. The van der Waals surface area contributed by atoms with Crippen molar-refractivity contribution in [3.8, 4) is 0 Å². The zero-order valence-electron chi connectivity index (χ0n) is 9.83. The molecular weight excluding hydrogens is 242 g/mol. The van der Waals surface area contributed by atoms with Crippen LogP contribution in [-0.2, 0) is 5.75 Å². The van der Waals surface area contributed by atoms with Gasteiger partial charge in [0.15, 0.2) is 0 Å². The first-order valence-corrected chi connectivity index (χ1v) is 6.71. The zero-order valence-corrected chi connectivity index (χ0v) is 11.4. The third kappa shape index (κ3) is 3.85. The lowest BCUT2D eigenvalue weighted by atomic mass is 10.2. The van der Waals surface area contributed by atoms with Crippen molar-refractivity contribution >= 4 is 29.2 Å². The van der Waals surface area contributed by atoms with E-state index in [4.69, 9.17) is 17.4 Å². The van der Waals surface area contributed by atoms with Crippen LogP contribution in [0.3, 0.4) is 0 Å². The van der Waals surface area contributed by atoms with Crippen LogP contribution in [0.15, 0.2) is 12.1 Å². The van der Waals surface area contributed by atoms with E-state index in [0.29, 0.717) is 22.0 Å². The molecule has 90 valence electrons. The molecule has 0 amide bonds. The summed E-state index contributed by atoms with van der Waals surface area (Å²) < 4.78 is 0. The lowest BCUT2D eigenvalue weighted by molar-refractivity contribution is 0.642. The van der Waals surface area contributed by atoms with E-state index in [2.05, 4.69) is 31.2 Å². The van der Waals surface area contributed by atoms with Gasteiger partial charge in [0.25, 0.3) is 0 Å². The van der Waals surface area contributed by atoms with Gasteiger partial charge < -0.3 is 5.43 Å². The predicted octanol–water partition coefficient (Wildman–Crippen LogP) is 3.30. The lowest BCUT2D eigenvalue weighted by Crippen LogP contribution is -2.10. The zero-order chi connectivity index (χ0) is 12.1. The minimum atomic E-state index is 0.590. The fourth-order valence-corrected chi connectivity index (χ4v) is 2.35. The maximum Gasteiger partial charge on any atom is 0.140 e. The third-order valence-corrected chi connectivity index (χ3v) is 4.34.